The van der Waals surface area contributed by atoms with Crippen molar-refractivity contribution >= 4 is 28.7 Å². The number of hydrogen-bond donors (Lipinski definition) is 1. The Morgan fingerprint density at radius 2 is 2.00 bits per heavy atom. The second-order valence-electron chi connectivity index (χ2n) is 4.86. The Balaban J connectivity index is 2.07. The zero-order valence-corrected chi connectivity index (χ0v) is 12.8. The fraction of sp³-hybridized carbons (Fsp3) is 0.188. The predicted octanol–water partition coefficient (Wildman–Crippen LogP) is 3.93. The molecule has 0 spiro atoms. The molecule has 0 bridgehead atoms. The largest absolute Gasteiger partial charge is 0.250 e. The summed E-state index contributed by atoms with van der Waals surface area (Å²) in [5, 5.41) is 14.0. The Morgan fingerprint density at radius 3 is 2.76 bits per heavy atom. The molecule has 0 amide bonds. The lowest BCUT2D eigenvalue weighted by molar-refractivity contribution is 0.776. The van der Waals surface area contributed by atoms with E-state index >= 15 is 0 Å². The summed E-state index contributed by atoms with van der Waals surface area (Å²) in [7, 11) is 0. The summed E-state index contributed by atoms with van der Waals surface area (Å²) >= 11 is 5.22. The van der Waals surface area contributed by atoms with Crippen molar-refractivity contribution in [2.24, 2.45) is 5.10 Å². The van der Waals surface area contributed by atoms with Crippen molar-refractivity contribution in [1.29, 1.82) is 0 Å². The average molecular weight is 296 g/mol. The van der Waals surface area contributed by atoms with Crippen molar-refractivity contribution < 1.29 is 0 Å². The molecule has 106 valence electrons. The van der Waals surface area contributed by atoms with E-state index in [4.69, 9.17) is 12.2 Å². The lowest BCUT2D eigenvalue weighted by atomic mass is 10.0. The molecule has 0 fully saturated rings. The fourth-order valence-corrected chi connectivity index (χ4v) is 2.47. The van der Waals surface area contributed by atoms with Gasteiger partial charge >= 0.3 is 0 Å². The van der Waals surface area contributed by atoms with Gasteiger partial charge in [0.1, 0.15) is 0 Å². The molecule has 0 unspecified atom stereocenters. The topological polar surface area (TPSA) is 46.0 Å². The monoisotopic (exact) mass is 296 g/mol. The summed E-state index contributed by atoms with van der Waals surface area (Å²) in [6.45, 7) is 4.01. The van der Waals surface area contributed by atoms with E-state index in [2.05, 4.69) is 45.6 Å². The van der Waals surface area contributed by atoms with E-state index in [1.54, 1.807) is 4.68 Å². The van der Waals surface area contributed by atoms with Crippen molar-refractivity contribution in [2.75, 3.05) is 0 Å². The van der Waals surface area contributed by atoms with Gasteiger partial charge in [0.05, 0.1) is 5.71 Å². The van der Waals surface area contributed by atoms with Crippen LogP contribution in [0, 0.1) is 4.77 Å². The standard InChI is InChI=1S/C16H16N4S/c1-3-15-17-18-16(21)20(15)19-11(2)13-9-8-12-6-4-5-7-14(12)10-13/h4-10H,3H2,1-2H3,(H,18,21)/b19-11+. The van der Waals surface area contributed by atoms with Gasteiger partial charge in [-0.2, -0.15) is 14.9 Å². The van der Waals surface area contributed by atoms with Crippen LogP contribution in [-0.2, 0) is 6.42 Å². The van der Waals surface area contributed by atoms with Crippen LogP contribution in [0.4, 0.5) is 0 Å². The van der Waals surface area contributed by atoms with E-state index in [1.165, 1.54) is 10.8 Å². The number of nitrogens with one attached hydrogen (secondary N) is 1. The summed E-state index contributed by atoms with van der Waals surface area (Å²) in [4.78, 5) is 0. The third kappa shape index (κ3) is 2.64. The number of aromatic amines is 1. The van der Waals surface area contributed by atoms with Gasteiger partial charge in [-0.1, -0.05) is 43.3 Å². The van der Waals surface area contributed by atoms with Gasteiger partial charge in [0.25, 0.3) is 0 Å². The highest BCUT2D eigenvalue weighted by Crippen LogP contribution is 2.16. The normalized spacial score (nSPS) is 12.0. The van der Waals surface area contributed by atoms with E-state index < -0.39 is 0 Å². The zero-order chi connectivity index (χ0) is 14.8. The van der Waals surface area contributed by atoms with Crippen LogP contribution in [0.1, 0.15) is 25.2 Å². The molecule has 1 aromatic heterocycles. The fourth-order valence-electron chi connectivity index (χ4n) is 2.28. The van der Waals surface area contributed by atoms with Crippen LogP contribution in [0.15, 0.2) is 47.6 Å². The molecule has 4 nitrogen and oxygen atoms in total. The van der Waals surface area contributed by atoms with Gasteiger partial charge in [-0.3, -0.25) is 5.10 Å². The highest BCUT2D eigenvalue weighted by atomic mass is 32.1. The number of hydrogen-bond acceptors (Lipinski definition) is 3. The second-order valence-corrected chi connectivity index (χ2v) is 5.24. The number of benzene rings is 2. The third-order valence-electron chi connectivity index (χ3n) is 3.45. The number of H-pyrrole nitrogens is 1. The highest BCUT2D eigenvalue weighted by molar-refractivity contribution is 7.71. The minimum atomic E-state index is 0.520. The summed E-state index contributed by atoms with van der Waals surface area (Å²) in [5.41, 5.74) is 1.99. The molecule has 0 radical (unpaired) electrons. The van der Waals surface area contributed by atoms with Gasteiger partial charge in [0.2, 0.25) is 4.77 Å². The van der Waals surface area contributed by atoms with E-state index in [-0.39, 0.29) is 0 Å². The molecule has 1 N–H and O–H groups in total. The summed E-state index contributed by atoms with van der Waals surface area (Å²) in [6.07, 6.45) is 0.779. The lowest BCUT2D eigenvalue weighted by Crippen LogP contribution is -2.03. The number of aryl methyl sites for hydroxylation is 1. The Kier molecular flexibility index (Phi) is 3.66. The van der Waals surface area contributed by atoms with Gasteiger partial charge in [-0.15, -0.1) is 0 Å². The highest BCUT2D eigenvalue weighted by Gasteiger charge is 2.05. The van der Waals surface area contributed by atoms with E-state index in [9.17, 15) is 0 Å². The first-order valence-corrected chi connectivity index (χ1v) is 7.31. The number of rotatable bonds is 3. The van der Waals surface area contributed by atoms with Gasteiger partial charge in [-0.05, 0) is 41.5 Å². The molecule has 0 aliphatic rings. The zero-order valence-electron chi connectivity index (χ0n) is 12.0. The first-order chi connectivity index (χ1) is 10.2. The SMILES string of the molecule is CCc1n[nH]c(=S)n1/N=C(\C)c1ccc2ccccc2c1. The van der Waals surface area contributed by atoms with Crippen LogP contribution in [0.25, 0.3) is 10.8 Å². The average Bonchev–Trinajstić information content (AvgIpc) is 2.87. The van der Waals surface area contributed by atoms with Crippen molar-refractivity contribution in [1.82, 2.24) is 14.9 Å². The van der Waals surface area contributed by atoms with Gasteiger partial charge in [0.15, 0.2) is 5.82 Å². The van der Waals surface area contributed by atoms with Crippen LogP contribution in [0.2, 0.25) is 0 Å². The van der Waals surface area contributed by atoms with Crippen LogP contribution in [0.3, 0.4) is 0 Å². The molecule has 21 heavy (non-hydrogen) atoms. The molecule has 2 aromatic carbocycles. The quantitative estimate of drug-likeness (QED) is 0.588. The predicted molar refractivity (Wildman–Crippen MR) is 88.3 cm³/mol. The van der Waals surface area contributed by atoms with Crippen molar-refractivity contribution in [3.05, 3.63) is 58.6 Å². The minimum absolute atomic E-state index is 0.520. The molecule has 0 aliphatic heterocycles. The molecule has 0 atom stereocenters. The number of nitrogens with zero attached hydrogens (tertiary/aromatic N) is 3. The van der Waals surface area contributed by atoms with Crippen LogP contribution < -0.4 is 0 Å². The Morgan fingerprint density at radius 1 is 1.24 bits per heavy atom. The molecular formula is C16H16N4S. The molecule has 0 aliphatic carbocycles. The molecule has 3 rings (SSSR count). The Bertz CT molecular complexity index is 873. The molecule has 0 saturated heterocycles. The van der Waals surface area contributed by atoms with E-state index in [0.29, 0.717) is 4.77 Å². The van der Waals surface area contributed by atoms with Gasteiger partial charge < -0.3 is 0 Å². The second kappa shape index (κ2) is 5.61. The third-order valence-corrected chi connectivity index (χ3v) is 3.72. The van der Waals surface area contributed by atoms with Crippen LogP contribution >= 0.6 is 12.2 Å². The van der Waals surface area contributed by atoms with E-state index in [1.807, 2.05) is 26.0 Å². The summed E-state index contributed by atoms with van der Waals surface area (Å²) in [6, 6.07) is 14.6. The van der Waals surface area contributed by atoms with Gasteiger partial charge in [0, 0.05) is 6.42 Å². The maximum Gasteiger partial charge on any atom is 0.216 e. The Labute approximate surface area is 128 Å². The maximum atomic E-state index is 5.22. The number of fused-ring (bicyclic) bond motifs is 1. The van der Waals surface area contributed by atoms with E-state index in [0.717, 1.165) is 23.5 Å². The minimum Gasteiger partial charge on any atom is -0.250 e. The van der Waals surface area contributed by atoms with Crippen LogP contribution in [0.5, 0.6) is 0 Å². The van der Waals surface area contributed by atoms with Crippen molar-refractivity contribution in [3.8, 4) is 0 Å². The molecule has 3 aromatic rings. The van der Waals surface area contributed by atoms with Gasteiger partial charge in [-0.25, -0.2) is 0 Å². The molecule has 1 heterocycles. The first kappa shape index (κ1) is 13.7. The number of aromatic nitrogens is 3. The van der Waals surface area contributed by atoms with Crippen molar-refractivity contribution in [3.63, 3.8) is 0 Å². The maximum absolute atomic E-state index is 5.22. The van der Waals surface area contributed by atoms with Crippen LogP contribution in [-0.4, -0.2) is 20.6 Å². The molecule has 5 heteroatoms. The first-order valence-electron chi connectivity index (χ1n) is 6.90. The van der Waals surface area contributed by atoms with Crippen molar-refractivity contribution in [2.45, 2.75) is 20.3 Å². The summed E-state index contributed by atoms with van der Waals surface area (Å²) in [5.74, 6) is 0.833. The molecular weight excluding hydrogens is 280 g/mol. The Hall–Kier alpha value is -2.27. The lowest BCUT2D eigenvalue weighted by Gasteiger charge is -2.05. The summed E-state index contributed by atoms with van der Waals surface area (Å²) < 4.78 is 2.21. The molecule has 0 saturated carbocycles. The smallest absolute Gasteiger partial charge is 0.216 e.